The molecule has 1 atom stereocenters. The minimum Gasteiger partial charge on any atom is -0.495 e. The quantitative estimate of drug-likeness (QED) is 0.903. The number of carboxylic acid groups (broad SMARTS) is 1. The van der Waals surface area contributed by atoms with E-state index in [9.17, 15) is 9.18 Å². The van der Waals surface area contributed by atoms with Crippen molar-refractivity contribution in [2.45, 2.75) is 25.2 Å². The van der Waals surface area contributed by atoms with E-state index in [1.54, 1.807) is 6.07 Å². The Morgan fingerprint density at radius 1 is 1.61 bits per heavy atom. The van der Waals surface area contributed by atoms with Crippen LogP contribution < -0.4 is 4.74 Å². The summed E-state index contributed by atoms with van der Waals surface area (Å²) in [5, 5.41) is 8.97. The first-order chi connectivity index (χ1) is 8.54. The number of rotatable bonds is 5. The molecule has 1 N–H and O–H groups in total. The van der Waals surface area contributed by atoms with Crippen LogP contribution in [0.25, 0.3) is 0 Å². The molecule has 1 aromatic rings. The van der Waals surface area contributed by atoms with E-state index in [0.717, 1.165) is 12.8 Å². The van der Waals surface area contributed by atoms with E-state index in [1.807, 2.05) is 0 Å². The molecule has 1 saturated carbocycles. The van der Waals surface area contributed by atoms with Crippen LogP contribution in [0.2, 0.25) is 0 Å². The first-order valence-electron chi connectivity index (χ1n) is 5.78. The van der Waals surface area contributed by atoms with Crippen molar-refractivity contribution in [3.63, 3.8) is 0 Å². The van der Waals surface area contributed by atoms with Crippen LogP contribution in [0.1, 0.15) is 30.7 Å². The molecule has 98 valence electrons. The number of ether oxygens (including phenoxy) is 1. The Labute approximate surface area is 113 Å². The zero-order valence-corrected chi connectivity index (χ0v) is 11.5. The number of hydrogen-bond donors (Lipinski definition) is 1. The smallest absolute Gasteiger partial charge is 0.303 e. The Kier molecular flexibility index (Phi) is 3.90. The van der Waals surface area contributed by atoms with E-state index >= 15 is 0 Å². The summed E-state index contributed by atoms with van der Waals surface area (Å²) in [6.07, 6.45) is 1.84. The maximum absolute atomic E-state index is 14.0. The van der Waals surface area contributed by atoms with Crippen LogP contribution in [0.5, 0.6) is 5.75 Å². The maximum Gasteiger partial charge on any atom is 0.303 e. The van der Waals surface area contributed by atoms with Gasteiger partial charge in [0.2, 0.25) is 0 Å². The average Bonchev–Trinajstić information content (AvgIpc) is 3.13. The van der Waals surface area contributed by atoms with E-state index in [2.05, 4.69) is 15.9 Å². The van der Waals surface area contributed by atoms with E-state index in [0.29, 0.717) is 15.8 Å². The second kappa shape index (κ2) is 5.26. The minimum atomic E-state index is -0.909. The highest BCUT2D eigenvalue weighted by molar-refractivity contribution is 9.10. The van der Waals surface area contributed by atoms with Gasteiger partial charge in [-0.2, -0.15) is 0 Å². The van der Waals surface area contributed by atoms with Gasteiger partial charge in [-0.05, 0) is 46.8 Å². The summed E-state index contributed by atoms with van der Waals surface area (Å²) in [6.45, 7) is 0. The molecule has 0 saturated heterocycles. The maximum atomic E-state index is 14.0. The predicted molar refractivity (Wildman–Crippen MR) is 68.4 cm³/mol. The Morgan fingerprint density at radius 3 is 2.78 bits per heavy atom. The molecule has 1 fully saturated rings. The van der Waals surface area contributed by atoms with Crippen molar-refractivity contribution in [1.82, 2.24) is 0 Å². The van der Waals surface area contributed by atoms with Crippen LogP contribution in [0.4, 0.5) is 4.39 Å². The summed E-state index contributed by atoms with van der Waals surface area (Å²) in [7, 11) is 1.47. The molecule has 1 unspecified atom stereocenters. The summed E-state index contributed by atoms with van der Waals surface area (Å²) in [4.78, 5) is 10.9. The fourth-order valence-electron chi connectivity index (χ4n) is 2.29. The van der Waals surface area contributed by atoms with Crippen LogP contribution in [-0.2, 0) is 4.79 Å². The summed E-state index contributed by atoms with van der Waals surface area (Å²) >= 11 is 3.31. The molecule has 2 rings (SSSR count). The zero-order valence-electron chi connectivity index (χ0n) is 9.95. The van der Waals surface area contributed by atoms with E-state index in [1.165, 1.54) is 13.2 Å². The molecule has 0 aromatic heterocycles. The lowest BCUT2D eigenvalue weighted by Gasteiger charge is -2.19. The van der Waals surface area contributed by atoms with Crippen molar-refractivity contribution >= 4 is 21.9 Å². The van der Waals surface area contributed by atoms with Gasteiger partial charge in [-0.3, -0.25) is 4.79 Å². The summed E-state index contributed by atoms with van der Waals surface area (Å²) in [5.74, 6) is -0.955. The molecule has 0 bridgehead atoms. The molecule has 0 aliphatic heterocycles. The second-order valence-electron chi connectivity index (χ2n) is 4.52. The number of halogens is 2. The normalized spacial score (nSPS) is 16.4. The van der Waals surface area contributed by atoms with Crippen molar-refractivity contribution < 1.29 is 19.0 Å². The number of methoxy groups -OCH3 is 1. The topological polar surface area (TPSA) is 46.5 Å². The standard InChI is InChI=1S/C13H14BrFO3/c1-18-13-9(14)4-5-10(15)12(13)8(6-11(16)17)7-2-3-7/h4-5,7-8H,2-3,6H2,1H3,(H,16,17). The van der Waals surface area contributed by atoms with Gasteiger partial charge in [0.25, 0.3) is 0 Å². The largest absolute Gasteiger partial charge is 0.495 e. The number of carboxylic acids is 1. The van der Waals surface area contributed by atoms with Crippen LogP contribution in [0, 0.1) is 11.7 Å². The lowest BCUT2D eigenvalue weighted by molar-refractivity contribution is -0.137. The third-order valence-electron chi connectivity index (χ3n) is 3.26. The van der Waals surface area contributed by atoms with E-state index in [-0.39, 0.29) is 18.3 Å². The molecule has 3 nitrogen and oxygen atoms in total. The molecule has 0 radical (unpaired) electrons. The van der Waals surface area contributed by atoms with Crippen molar-refractivity contribution in [3.05, 3.63) is 28.0 Å². The van der Waals surface area contributed by atoms with Crippen molar-refractivity contribution in [1.29, 1.82) is 0 Å². The highest BCUT2D eigenvalue weighted by Gasteiger charge is 2.37. The van der Waals surface area contributed by atoms with Crippen LogP contribution in [-0.4, -0.2) is 18.2 Å². The molecular weight excluding hydrogens is 303 g/mol. The minimum absolute atomic E-state index is 0.0611. The first kappa shape index (κ1) is 13.3. The molecular formula is C13H14BrFO3. The van der Waals surface area contributed by atoms with Crippen molar-refractivity contribution in [2.75, 3.05) is 7.11 Å². The molecule has 0 amide bonds. The molecule has 1 aliphatic rings. The monoisotopic (exact) mass is 316 g/mol. The molecule has 1 aromatic carbocycles. The predicted octanol–water partition coefficient (Wildman–Crippen LogP) is 3.57. The van der Waals surface area contributed by atoms with Crippen LogP contribution in [0.3, 0.4) is 0 Å². The van der Waals surface area contributed by atoms with Gasteiger partial charge in [0, 0.05) is 11.5 Å². The molecule has 0 spiro atoms. The highest BCUT2D eigenvalue weighted by Crippen LogP contribution is 2.49. The number of aliphatic carboxylic acids is 1. The Morgan fingerprint density at radius 2 is 2.28 bits per heavy atom. The fourth-order valence-corrected chi connectivity index (χ4v) is 2.80. The lowest BCUT2D eigenvalue weighted by atomic mass is 9.90. The molecule has 0 heterocycles. The Bertz CT molecular complexity index is 472. The van der Waals surface area contributed by atoms with Crippen molar-refractivity contribution in [2.24, 2.45) is 5.92 Å². The Balaban J connectivity index is 2.45. The molecule has 5 heteroatoms. The SMILES string of the molecule is COc1c(Br)ccc(F)c1C(CC(=O)O)C1CC1. The van der Waals surface area contributed by atoms with Gasteiger partial charge >= 0.3 is 5.97 Å². The average molecular weight is 317 g/mol. The van der Waals surface area contributed by atoms with Gasteiger partial charge in [0.15, 0.2) is 0 Å². The third kappa shape index (κ3) is 2.66. The fraction of sp³-hybridized carbons (Fsp3) is 0.462. The van der Waals surface area contributed by atoms with Gasteiger partial charge in [-0.1, -0.05) is 0 Å². The van der Waals surface area contributed by atoms with Crippen LogP contribution in [0.15, 0.2) is 16.6 Å². The number of benzene rings is 1. The van der Waals surface area contributed by atoms with Gasteiger partial charge in [-0.15, -0.1) is 0 Å². The molecule has 18 heavy (non-hydrogen) atoms. The first-order valence-corrected chi connectivity index (χ1v) is 6.57. The zero-order chi connectivity index (χ0) is 13.3. The summed E-state index contributed by atoms with van der Waals surface area (Å²) in [6, 6.07) is 2.92. The van der Waals surface area contributed by atoms with Gasteiger partial charge in [-0.25, -0.2) is 4.39 Å². The van der Waals surface area contributed by atoms with Gasteiger partial charge < -0.3 is 9.84 Å². The highest BCUT2D eigenvalue weighted by atomic mass is 79.9. The van der Waals surface area contributed by atoms with Gasteiger partial charge in [0.1, 0.15) is 11.6 Å². The number of carbonyl (C=O) groups is 1. The van der Waals surface area contributed by atoms with Gasteiger partial charge in [0.05, 0.1) is 18.0 Å². The van der Waals surface area contributed by atoms with Crippen LogP contribution >= 0.6 is 15.9 Å². The molecule has 1 aliphatic carbocycles. The summed E-state index contributed by atoms with van der Waals surface area (Å²) in [5.41, 5.74) is 0.386. The lowest BCUT2D eigenvalue weighted by Crippen LogP contribution is -2.12. The van der Waals surface area contributed by atoms with E-state index < -0.39 is 11.8 Å². The van der Waals surface area contributed by atoms with E-state index in [4.69, 9.17) is 9.84 Å². The van der Waals surface area contributed by atoms with Crippen molar-refractivity contribution in [3.8, 4) is 5.75 Å². The summed E-state index contributed by atoms with van der Waals surface area (Å²) < 4.78 is 19.9. The third-order valence-corrected chi connectivity index (χ3v) is 3.88. The second-order valence-corrected chi connectivity index (χ2v) is 5.37. The Hall–Kier alpha value is -1.10. The number of hydrogen-bond acceptors (Lipinski definition) is 2.